The molecule has 3 heterocycles. The molecule has 0 spiro atoms. The molecule has 0 bridgehead atoms. The number of H-pyrrole nitrogens is 1. The van der Waals surface area contributed by atoms with E-state index in [-0.39, 0.29) is 12.0 Å². The Morgan fingerprint density at radius 1 is 1.31 bits per heavy atom. The lowest BCUT2D eigenvalue weighted by atomic mass is 9.65. The van der Waals surface area contributed by atoms with Gasteiger partial charge in [0.25, 0.3) is 6.47 Å². The molecule has 1 saturated carbocycles. The predicted octanol–water partition coefficient (Wildman–Crippen LogP) is 2.65. The van der Waals surface area contributed by atoms with Crippen molar-refractivity contribution in [2.75, 3.05) is 19.7 Å². The van der Waals surface area contributed by atoms with Crippen molar-refractivity contribution < 1.29 is 14.6 Å². The number of rotatable bonds is 3. The Morgan fingerprint density at radius 2 is 2.19 bits per heavy atom. The third-order valence-corrected chi connectivity index (χ3v) is 7.07. The molecule has 0 radical (unpaired) electrons. The molecule has 5 heteroatoms. The zero-order chi connectivity index (χ0) is 17.7. The van der Waals surface area contributed by atoms with Crippen LogP contribution >= 0.6 is 0 Å². The number of benzene rings is 1. The highest BCUT2D eigenvalue weighted by Gasteiger charge is 2.46. The molecule has 2 fully saturated rings. The topological polar surface area (TPSA) is 65.6 Å². The van der Waals surface area contributed by atoms with Crippen LogP contribution in [0.25, 0.3) is 10.9 Å². The Hall–Kier alpha value is -1.85. The maximum absolute atomic E-state index is 10.7. The number of para-hydroxylation sites is 1. The summed E-state index contributed by atoms with van der Waals surface area (Å²) in [4.78, 5) is 17.0. The molecular weight excluding hydrogens is 328 g/mol. The van der Waals surface area contributed by atoms with Gasteiger partial charge in [0.05, 0.1) is 18.8 Å². The van der Waals surface area contributed by atoms with Crippen molar-refractivity contribution in [1.29, 1.82) is 0 Å². The molecular formula is C21H26N2O3. The van der Waals surface area contributed by atoms with E-state index in [0.29, 0.717) is 31.0 Å². The zero-order valence-corrected chi connectivity index (χ0v) is 14.9. The van der Waals surface area contributed by atoms with E-state index in [1.807, 2.05) is 0 Å². The van der Waals surface area contributed by atoms with Crippen LogP contribution in [0, 0.1) is 17.8 Å². The van der Waals surface area contributed by atoms with Gasteiger partial charge in [0.15, 0.2) is 0 Å². The van der Waals surface area contributed by atoms with Crippen molar-refractivity contribution in [1.82, 2.24) is 9.88 Å². The number of hydrogen-bond donors (Lipinski definition) is 2. The van der Waals surface area contributed by atoms with Crippen molar-refractivity contribution >= 4 is 17.4 Å². The first-order chi connectivity index (χ1) is 12.8. The first kappa shape index (κ1) is 16.3. The summed E-state index contributed by atoms with van der Waals surface area (Å²) in [6.07, 6.45) is 3.69. The highest BCUT2D eigenvalue weighted by Crippen LogP contribution is 2.49. The minimum atomic E-state index is -0.353. The Balaban J connectivity index is 1.48. The van der Waals surface area contributed by atoms with E-state index in [4.69, 9.17) is 4.74 Å². The van der Waals surface area contributed by atoms with E-state index in [1.165, 1.54) is 22.2 Å². The summed E-state index contributed by atoms with van der Waals surface area (Å²) in [6.45, 7) is 3.06. The Morgan fingerprint density at radius 3 is 3.08 bits per heavy atom. The van der Waals surface area contributed by atoms with Gasteiger partial charge in [-0.1, -0.05) is 18.2 Å². The number of nitrogens with zero attached hydrogens (tertiary/aromatic N) is 1. The Bertz CT molecular complexity index is 817. The smallest absolute Gasteiger partial charge is 0.293 e. The van der Waals surface area contributed by atoms with E-state index >= 15 is 0 Å². The van der Waals surface area contributed by atoms with Gasteiger partial charge in [-0.15, -0.1) is 0 Å². The molecule has 2 aromatic rings. The van der Waals surface area contributed by atoms with Crippen LogP contribution in [0.1, 0.15) is 36.6 Å². The van der Waals surface area contributed by atoms with E-state index in [1.54, 1.807) is 0 Å². The van der Waals surface area contributed by atoms with Crippen LogP contribution in [0.2, 0.25) is 0 Å². The number of aromatic amines is 1. The fourth-order valence-electron chi connectivity index (χ4n) is 5.84. The van der Waals surface area contributed by atoms with E-state index in [2.05, 4.69) is 34.1 Å². The SMILES string of the molecule is O=COC[C@H]1[C@H]2C[C@H]3c4[nH]c5ccccc5c4CCN3C[C@H]2CC[C@@H]1O. The van der Waals surface area contributed by atoms with Gasteiger partial charge in [0, 0.05) is 35.6 Å². The number of aromatic nitrogens is 1. The molecule has 138 valence electrons. The molecule has 5 nitrogen and oxygen atoms in total. The van der Waals surface area contributed by atoms with Crippen molar-refractivity contribution in [3.05, 3.63) is 35.5 Å². The average Bonchev–Trinajstić information content (AvgIpc) is 3.05. The molecule has 1 saturated heterocycles. The van der Waals surface area contributed by atoms with Crippen LogP contribution in [0.5, 0.6) is 0 Å². The quantitative estimate of drug-likeness (QED) is 0.832. The largest absolute Gasteiger partial charge is 0.467 e. The fraction of sp³-hybridized carbons (Fsp3) is 0.571. The lowest BCUT2D eigenvalue weighted by molar-refractivity contribution is -0.136. The molecule has 2 aliphatic heterocycles. The highest BCUT2D eigenvalue weighted by atomic mass is 16.5. The number of carbonyl (C=O) groups excluding carboxylic acids is 1. The maximum atomic E-state index is 10.7. The molecule has 1 aromatic carbocycles. The van der Waals surface area contributed by atoms with Gasteiger partial charge in [0.1, 0.15) is 0 Å². The van der Waals surface area contributed by atoms with Crippen LogP contribution < -0.4 is 0 Å². The molecule has 2 N–H and O–H groups in total. The fourth-order valence-corrected chi connectivity index (χ4v) is 5.84. The number of piperidine rings is 1. The van der Waals surface area contributed by atoms with Crippen LogP contribution in [-0.2, 0) is 16.0 Å². The second-order valence-corrected chi connectivity index (χ2v) is 8.22. The maximum Gasteiger partial charge on any atom is 0.293 e. The predicted molar refractivity (Wildman–Crippen MR) is 98.7 cm³/mol. The first-order valence-electron chi connectivity index (χ1n) is 9.83. The van der Waals surface area contributed by atoms with Gasteiger partial charge in [0.2, 0.25) is 0 Å². The van der Waals surface area contributed by atoms with Crippen molar-refractivity contribution in [3.8, 4) is 0 Å². The second kappa shape index (κ2) is 6.39. The summed E-state index contributed by atoms with van der Waals surface area (Å²) >= 11 is 0. The van der Waals surface area contributed by atoms with E-state index in [0.717, 1.165) is 38.8 Å². The number of hydrogen-bond acceptors (Lipinski definition) is 4. The second-order valence-electron chi connectivity index (χ2n) is 8.22. The first-order valence-corrected chi connectivity index (χ1v) is 9.83. The third-order valence-electron chi connectivity index (χ3n) is 7.07. The molecule has 0 unspecified atom stereocenters. The number of aliphatic hydroxyl groups excluding tert-OH is 1. The summed E-state index contributed by atoms with van der Waals surface area (Å²) < 4.78 is 5.08. The van der Waals surface area contributed by atoms with Crippen LogP contribution in [0.3, 0.4) is 0 Å². The summed E-state index contributed by atoms with van der Waals surface area (Å²) in [5.74, 6) is 1.08. The van der Waals surface area contributed by atoms with Gasteiger partial charge in [-0.05, 0) is 49.1 Å². The zero-order valence-electron chi connectivity index (χ0n) is 14.9. The van der Waals surface area contributed by atoms with Gasteiger partial charge in [-0.2, -0.15) is 0 Å². The molecule has 5 rings (SSSR count). The van der Waals surface area contributed by atoms with Crippen LogP contribution in [0.4, 0.5) is 0 Å². The van der Waals surface area contributed by atoms with Gasteiger partial charge >= 0.3 is 0 Å². The standard InChI is InChI=1S/C21H26N2O3/c24-12-26-11-17-16-9-19-21-15(14-3-1-2-4-18(14)22-21)7-8-23(19)10-13(16)5-6-20(17)25/h1-4,12-13,16-17,19-20,22,25H,5-11H2/t13-,16+,17+,19+,20+/m1/s1. The lowest BCUT2D eigenvalue weighted by Crippen LogP contribution is -2.52. The summed E-state index contributed by atoms with van der Waals surface area (Å²) in [7, 11) is 0. The minimum Gasteiger partial charge on any atom is -0.467 e. The third kappa shape index (κ3) is 2.48. The number of carbonyl (C=O) groups is 1. The number of nitrogens with one attached hydrogen (secondary N) is 1. The molecule has 1 aromatic heterocycles. The molecule has 3 aliphatic rings. The average molecular weight is 354 g/mol. The summed E-state index contributed by atoms with van der Waals surface area (Å²) in [5.41, 5.74) is 4.06. The monoisotopic (exact) mass is 354 g/mol. The number of fused-ring (bicyclic) bond motifs is 6. The Kier molecular flexibility index (Phi) is 4.02. The van der Waals surface area contributed by atoms with Gasteiger partial charge in [-0.25, -0.2) is 0 Å². The van der Waals surface area contributed by atoms with Crippen LogP contribution in [-0.4, -0.2) is 47.3 Å². The van der Waals surface area contributed by atoms with Gasteiger partial charge in [-0.3, -0.25) is 9.69 Å². The van der Waals surface area contributed by atoms with Gasteiger partial charge < -0.3 is 14.8 Å². The molecule has 1 aliphatic carbocycles. The number of ether oxygens (including phenoxy) is 1. The van der Waals surface area contributed by atoms with Crippen molar-refractivity contribution in [2.24, 2.45) is 17.8 Å². The van der Waals surface area contributed by atoms with E-state index < -0.39 is 0 Å². The van der Waals surface area contributed by atoms with E-state index in [9.17, 15) is 9.90 Å². The molecule has 0 amide bonds. The molecule has 5 atom stereocenters. The summed E-state index contributed by atoms with van der Waals surface area (Å²) in [5, 5.41) is 11.9. The Labute approximate surface area is 153 Å². The highest BCUT2D eigenvalue weighted by molar-refractivity contribution is 5.85. The normalized spacial score (nSPS) is 34.0. The number of aliphatic hydroxyl groups is 1. The minimum absolute atomic E-state index is 0.0656. The lowest BCUT2D eigenvalue weighted by Gasteiger charge is -2.51. The van der Waals surface area contributed by atoms with Crippen molar-refractivity contribution in [3.63, 3.8) is 0 Å². The van der Waals surface area contributed by atoms with Crippen molar-refractivity contribution in [2.45, 2.75) is 37.8 Å². The summed E-state index contributed by atoms with van der Waals surface area (Å²) in [6, 6.07) is 8.97. The molecule has 26 heavy (non-hydrogen) atoms. The van der Waals surface area contributed by atoms with Crippen LogP contribution in [0.15, 0.2) is 24.3 Å².